The van der Waals surface area contributed by atoms with E-state index in [1.54, 1.807) is 11.8 Å². The van der Waals surface area contributed by atoms with E-state index in [-0.39, 0.29) is 5.91 Å². The smallest absolute Gasteiger partial charge is 0.262 e. The normalized spacial score (nSPS) is 24.6. The number of carbonyl (C=O) groups is 1. The van der Waals surface area contributed by atoms with Gasteiger partial charge in [-0.25, -0.2) is 0 Å². The van der Waals surface area contributed by atoms with Crippen LogP contribution in [0.2, 0.25) is 0 Å². The van der Waals surface area contributed by atoms with Gasteiger partial charge in [0.05, 0.1) is 0 Å². The maximum Gasteiger partial charge on any atom is 0.262 e. The molecule has 1 saturated carbocycles. The summed E-state index contributed by atoms with van der Waals surface area (Å²) in [4.78, 5) is 14.0. The summed E-state index contributed by atoms with van der Waals surface area (Å²) in [6.07, 6.45) is 6.05. The lowest BCUT2D eigenvalue weighted by atomic mass is 9.92. The molecule has 94 valence electrons. The molecule has 1 aliphatic carbocycles. The van der Waals surface area contributed by atoms with Crippen LogP contribution in [0.3, 0.4) is 0 Å². The average Bonchev–Trinajstić information content (AvgIpc) is 2.80. The first-order valence-electron chi connectivity index (χ1n) is 5.88. The third kappa shape index (κ3) is 3.24. The topological polar surface area (TPSA) is 55.1 Å². The van der Waals surface area contributed by atoms with Crippen LogP contribution in [0.25, 0.3) is 0 Å². The van der Waals surface area contributed by atoms with Gasteiger partial charge in [-0.05, 0) is 43.4 Å². The number of amides is 1. The van der Waals surface area contributed by atoms with Gasteiger partial charge in [-0.15, -0.1) is 23.1 Å². The molecule has 3 nitrogen and oxygen atoms in total. The number of carbonyl (C=O) groups excluding carboxylic acids is 1. The van der Waals surface area contributed by atoms with E-state index in [1.165, 1.54) is 11.3 Å². The molecule has 0 spiro atoms. The number of hydrogen-bond donors (Lipinski definition) is 2. The summed E-state index contributed by atoms with van der Waals surface area (Å²) < 4.78 is 0. The number of thiophene rings is 1. The monoisotopic (exact) mass is 270 g/mol. The first-order chi connectivity index (χ1) is 8.20. The fraction of sp³-hybridized carbons (Fsp3) is 0.583. The van der Waals surface area contributed by atoms with Gasteiger partial charge in [0.25, 0.3) is 5.91 Å². The van der Waals surface area contributed by atoms with E-state index in [9.17, 15) is 4.79 Å². The van der Waals surface area contributed by atoms with E-state index in [1.807, 2.05) is 17.7 Å². The van der Waals surface area contributed by atoms with Crippen LogP contribution < -0.4 is 11.1 Å². The molecule has 17 heavy (non-hydrogen) atoms. The third-order valence-corrected chi connectivity index (χ3v) is 4.98. The Hall–Kier alpha value is -0.520. The van der Waals surface area contributed by atoms with Crippen LogP contribution in [0.5, 0.6) is 0 Å². The Kier molecular flexibility index (Phi) is 4.48. The highest BCUT2D eigenvalue weighted by Gasteiger charge is 2.21. The van der Waals surface area contributed by atoms with Gasteiger partial charge in [0.1, 0.15) is 4.88 Å². The SMILES string of the molecule is CSc1ccsc1C(=O)NC1CCC(N)CC1. The van der Waals surface area contributed by atoms with Crippen molar-refractivity contribution in [2.24, 2.45) is 5.73 Å². The molecule has 1 aliphatic rings. The Morgan fingerprint density at radius 3 is 2.82 bits per heavy atom. The van der Waals surface area contributed by atoms with Gasteiger partial charge in [0, 0.05) is 17.0 Å². The second-order valence-corrected chi connectivity index (χ2v) is 6.17. The number of nitrogens with two attached hydrogens (primary N) is 1. The molecule has 0 bridgehead atoms. The van der Waals surface area contributed by atoms with E-state index < -0.39 is 0 Å². The van der Waals surface area contributed by atoms with E-state index in [0.29, 0.717) is 12.1 Å². The second kappa shape index (κ2) is 5.89. The zero-order chi connectivity index (χ0) is 12.3. The number of thioether (sulfide) groups is 1. The largest absolute Gasteiger partial charge is 0.349 e. The van der Waals surface area contributed by atoms with Gasteiger partial charge in [0.2, 0.25) is 0 Å². The predicted molar refractivity (Wildman–Crippen MR) is 73.8 cm³/mol. The van der Waals surface area contributed by atoms with Gasteiger partial charge in [-0.1, -0.05) is 0 Å². The second-order valence-electron chi connectivity index (χ2n) is 4.40. The lowest BCUT2D eigenvalue weighted by molar-refractivity contribution is 0.0927. The molecule has 0 unspecified atom stereocenters. The fourth-order valence-electron chi connectivity index (χ4n) is 2.14. The highest BCUT2D eigenvalue weighted by Crippen LogP contribution is 2.26. The molecule has 1 aromatic heterocycles. The van der Waals surface area contributed by atoms with Gasteiger partial charge in [-0.3, -0.25) is 4.79 Å². The molecule has 1 aromatic rings. The Morgan fingerprint density at radius 2 is 2.18 bits per heavy atom. The standard InChI is InChI=1S/C12H18N2OS2/c1-16-10-6-7-17-11(10)12(15)14-9-4-2-8(13)3-5-9/h6-9H,2-5,13H2,1H3,(H,14,15). The van der Waals surface area contributed by atoms with Gasteiger partial charge >= 0.3 is 0 Å². The zero-order valence-electron chi connectivity index (χ0n) is 9.94. The highest BCUT2D eigenvalue weighted by atomic mass is 32.2. The minimum absolute atomic E-state index is 0.0739. The van der Waals surface area contributed by atoms with Crippen molar-refractivity contribution in [3.8, 4) is 0 Å². The van der Waals surface area contributed by atoms with Crippen molar-refractivity contribution in [3.63, 3.8) is 0 Å². The zero-order valence-corrected chi connectivity index (χ0v) is 11.6. The van der Waals surface area contributed by atoms with E-state index >= 15 is 0 Å². The molecule has 1 fully saturated rings. The summed E-state index contributed by atoms with van der Waals surface area (Å²) in [5.41, 5.74) is 5.85. The molecule has 0 radical (unpaired) electrons. The van der Waals surface area contributed by atoms with Gasteiger partial charge in [0.15, 0.2) is 0 Å². The van der Waals surface area contributed by atoms with Crippen molar-refractivity contribution < 1.29 is 4.79 Å². The molecule has 0 atom stereocenters. The number of hydrogen-bond acceptors (Lipinski definition) is 4. The van der Waals surface area contributed by atoms with E-state index in [4.69, 9.17) is 5.73 Å². The fourth-order valence-corrected chi connectivity index (χ4v) is 3.79. The van der Waals surface area contributed by atoms with Crippen molar-refractivity contribution in [2.45, 2.75) is 42.7 Å². The number of rotatable bonds is 3. The van der Waals surface area contributed by atoms with Crippen LogP contribution in [-0.2, 0) is 0 Å². The number of nitrogens with one attached hydrogen (secondary N) is 1. The quantitative estimate of drug-likeness (QED) is 0.830. The molecule has 0 aromatic carbocycles. The maximum atomic E-state index is 12.1. The van der Waals surface area contributed by atoms with Crippen molar-refractivity contribution in [3.05, 3.63) is 16.3 Å². The molecule has 3 N–H and O–H groups in total. The van der Waals surface area contributed by atoms with Crippen molar-refractivity contribution in [2.75, 3.05) is 6.26 Å². The summed E-state index contributed by atoms with van der Waals surface area (Å²) in [5.74, 6) is 0.0739. The van der Waals surface area contributed by atoms with Crippen LogP contribution in [0.1, 0.15) is 35.4 Å². The molecule has 1 amide bonds. The summed E-state index contributed by atoms with van der Waals surface area (Å²) in [6, 6.07) is 2.63. The molecular formula is C12H18N2OS2. The Balaban J connectivity index is 1.93. The van der Waals surface area contributed by atoms with Crippen LogP contribution in [0, 0.1) is 0 Å². The lowest BCUT2D eigenvalue weighted by Gasteiger charge is -2.26. The Labute approximate surface area is 110 Å². The lowest BCUT2D eigenvalue weighted by Crippen LogP contribution is -2.40. The first kappa shape index (κ1) is 12.9. The molecular weight excluding hydrogens is 252 g/mol. The molecule has 0 aliphatic heterocycles. The van der Waals surface area contributed by atoms with Crippen LogP contribution in [0.4, 0.5) is 0 Å². The first-order valence-corrected chi connectivity index (χ1v) is 7.99. The summed E-state index contributed by atoms with van der Waals surface area (Å²) in [7, 11) is 0. The molecule has 2 rings (SSSR count). The Bertz CT molecular complexity index is 384. The summed E-state index contributed by atoms with van der Waals surface area (Å²) in [6.45, 7) is 0. The molecule has 0 saturated heterocycles. The Morgan fingerprint density at radius 1 is 1.47 bits per heavy atom. The van der Waals surface area contributed by atoms with Crippen LogP contribution in [0.15, 0.2) is 16.3 Å². The van der Waals surface area contributed by atoms with Gasteiger partial charge < -0.3 is 11.1 Å². The minimum Gasteiger partial charge on any atom is -0.349 e. The molecule has 5 heteroatoms. The molecule has 1 heterocycles. The van der Waals surface area contributed by atoms with Crippen LogP contribution in [-0.4, -0.2) is 24.2 Å². The average molecular weight is 270 g/mol. The third-order valence-electron chi connectivity index (χ3n) is 3.16. The predicted octanol–water partition coefficient (Wildman–Crippen LogP) is 2.47. The van der Waals surface area contributed by atoms with E-state index in [0.717, 1.165) is 35.5 Å². The maximum absolute atomic E-state index is 12.1. The summed E-state index contributed by atoms with van der Waals surface area (Å²) in [5, 5.41) is 5.09. The highest BCUT2D eigenvalue weighted by molar-refractivity contribution is 7.98. The van der Waals surface area contributed by atoms with Crippen molar-refractivity contribution in [1.82, 2.24) is 5.32 Å². The van der Waals surface area contributed by atoms with E-state index in [2.05, 4.69) is 5.32 Å². The minimum atomic E-state index is 0.0739. The summed E-state index contributed by atoms with van der Waals surface area (Å²) >= 11 is 3.14. The van der Waals surface area contributed by atoms with Crippen LogP contribution >= 0.6 is 23.1 Å². The van der Waals surface area contributed by atoms with Gasteiger partial charge in [-0.2, -0.15) is 0 Å². The van der Waals surface area contributed by atoms with Crippen molar-refractivity contribution >= 4 is 29.0 Å². The van der Waals surface area contributed by atoms with Crippen molar-refractivity contribution in [1.29, 1.82) is 0 Å².